The Balaban J connectivity index is 1.31. The van der Waals surface area contributed by atoms with Gasteiger partial charge in [-0.15, -0.1) is 0 Å². The van der Waals surface area contributed by atoms with Gasteiger partial charge in [-0.25, -0.2) is 4.52 Å². The van der Waals surface area contributed by atoms with E-state index < -0.39 is 0 Å². The van der Waals surface area contributed by atoms with E-state index in [9.17, 15) is 14.4 Å². The second-order valence-corrected chi connectivity index (χ2v) is 8.71. The number of H-pyrrole nitrogens is 1. The molecule has 166 valence electrons. The number of amides is 2. The van der Waals surface area contributed by atoms with Crippen LogP contribution < -0.4 is 5.43 Å². The van der Waals surface area contributed by atoms with Gasteiger partial charge in [0.2, 0.25) is 0 Å². The molecule has 8 nitrogen and oxygen atoms in total. The Morgan fingerprint density at radius 2 is 1.69 bits per heavy atom. The standard InChI is InChI=1S/C24H27N5O3/c30-19-4-8-25-21(15-19)24(32)28-11-5-17(6-12-28)18-7-13-29-22(14-18)20(16-26-29)23(31)27-9-2-1-3-10-27/h4,7-8,13-17H,1-3,5-6,9-12H2,(H,25,30). The van der Waals surface area contributed by atoms with E-state index in [0.717, 1.165) is 44.3 Å². The smallest absolute Gasteiger partial charge is 0.270 e. The maximum absolute atomic E-state index is 13.0. The van der Waals surface area contributed by atoms with Gasteiger partial charge in [0.1, 0.15) is 5.69 Å². The molecule has 2 fully saturated rings. The summed E-state index contributed by atoms with van der Waals surface area (Å²) >= 11 is 0. The summed E-state index contributed by atoms with van der Waals surface area (Å²) in [5.41, 5.74) is 2.84. The monoisotopic (exact) mass is 433 g/mol. The molecule has 8 heteroatoms. The topological polar surface area (TPSA) is 90.8 Å². The summed E-state index contributed by atoms with van der Waals surface area (Å²) in [7, 11) is 0. The first-order valence-corrected chi connectivity index (χ1v) is 11.3. The van der Waals surface area contributed by atoms with Crippen molar-refractivity contribution in [1.29, 1.82) is 0 Å². The average Bonchev–Trinajstić information content (AvgIpc) is 3.27. The first-order valence-electron chi connectivity index (χ1n) is 11.3. The van der Waals surface area contributed by atoms with Crippen LogP contribution in [0.2, 0.25) is 0 Å². The van der Waals surface area contributed by atoms with Gasteiger partial charge in [0.15, 0.2) is 5.43 Å². The summed E-state index contributed by atoms with van der Waals surface area (Å²) in [5.74, 6) is 0.239. The Morgan fingerprint density at radius 3 is 2.44 bits per heavy atom. The van der Waals surface area contributed by atoms with Gasteiger partial charge in [-0.3, -0.25) is 14.4 Å². The highest BCUT2D eigenvalue weighted by Gasteiger charge is 2.26. The highest BCUT2D eigenvalue weighted by molar-refractivity contribution is 6.00. The van der Waals surface area contributed by atoms with Crippen LogP contribution in [-0.2, 0) is 0 Å². The largest absolute Gasteiger partial charge is 0.357 e. The number of aromatic amines is 1. The minimum atomic E-state index is -0.175. The Morgan fingerprint density at radius 1 is 0.938 bits per heavy atom. The molecule has 0 unspecified atom stereocenters. The third-order valence-corrected chi connectivity index (χ3v) is 6.68. The van der Waals surface area contributed by atoms with Gasteiger partial charge in [0, 0.05) is 50.7 Å². The summed E-state index contributed by atoms with van der Waals surface area (Å²) in [4.78, 5) is 43.9. The second-order valence-electron chi connectivity index (χ2n) is 8.71. The van der Waals surface area contributed by atoms with Crippen molar-refractivity contribution in [3.8, 4) is 0 Å². The summed E-state index contributed by atoms with van der Waals surface area (Å²) in [6.07, 6.45) is 10.1. The number of piperidine rings is 2. The van der Waals surface area contributed by atoms with Gasteiger partial charge in [-0.05, 0) is 55.7 Å². The Hall–Kier alpha value is -3.42. The van der Waals surface area contributed by atoms with E-state index in [2.05, 4.69) is 22.2 Å². The molecular weight excluding hydrogens is 406 g/mol. The summed E-state index contributed by atoms with van der Waals surface area (Å²) in [6, 6.07) is 6.90. The fourth-order valence-corrected chi connectivity index (χ4v) is 4.84. The number of pyridine rings is 2. The quantitative estimate of drug-likeness (QED) is 0.688. The third-order valence-electron chi connectivity index (χ3n) is 6.68. The maximum atomic E-state index is 13.0. The van der Waals surface area contributed by atoms with Crippen LogP contribution in [0, 0.1) is 0 Å². The number of nitrogens with one attached hydrogen (secondary N) is 1. The zero-order chi connectivity index (χ0) is 22.1. The highest BCUT2D eigenvalue weighted by atomic mass is 16.2. The number of hydrogen-bond donors (Lipinski definition) is 1. The molecule has 2 aliphatic rings. The molecule has 0 radical (unpaired) electrons. The van der Waals surface area contributed by atoms with E-state index in [1.807, 2.05) is 11.1 Å². The van der Waals surface area contributed by atoms with Crippen molar-refractivity contribution in [2.45, 2.75) is 38.0 Å². The number of fused-ring (bicyclic) bond motifs is 1. The van der Waals surface area contributed by atoms with Crippen LogP contribution in [0.1, 0.15) is 64.4 Å². The molecule has 0 saturated carbocycles. The molecule has 1 N–H and O–H groups in total. The van der Waals surface area contributed by atoms with Gasteiger partial charge in [-0.1, -0.05) is 0 Å². The Bertz CT molecular complexity index is 1200. The fourth-order valence-electron chi connectivity index (χ4n) is 4.84. The molecular formula is C24H27N5O3. The van der Waals surface area contributed by atoms with Crippen molar-refractivity contribution in [2.24, 2.45) is 0 Å². The van der Waals surface area contributed by atoms with Crippen LogP contribution in [0.25, 0.3) is 5.52 Å². The van der Waals surface area contributed by atoms with Crippen molar-refractivity contribution < 1.29 is 9.59 Å². The van der Waals surface area contributed by atoms with Gasteiger partial charge >= 0.3 is 0 Å². The highest BCUT2D eigenvalue weighted by Crippen LogP contribution is 2.30. The molecule has 5 heterocycles. The lowest BCUT2D eigenvalue weighted by molar-refractivity contribution is 0.0704. The summed E-state index contributed by atoms with van der Waals surface area (Å²) in [5, 5.41) is 4.38. The van der Waals surface area contributed by atoms with Gasteiger partial charge in [-0.2, -0.15) is 5.10 Å². The maximum Gasteiger partial charge on any atom is 0.270 e. The molecule has 0 aliphatic carbocycles. The van der Waals surface area contributed by atoms with Crippen molar-refractivity contribution in [2.75, 3.05) is 26.2 Å². The van der Waals surface area contributed by atoms with Gasteiger partial charge < -0.3 is 14.8 Å². The number of nitrogens with zero attached hydrogens (tertiary/aromatic N) is 4. The molecule has 3 aromatic rings. The van der Waals surface area contributed by atoms with Crippen LogP contribution in [0.15, 0.2) is 47.7 Å². The molecule has 0 aromatic carbocycles. The van der Waals surface area contributed by atoms with Crippen LogP contribution in [-0.4, -0.2) is 62.4 Å². The molecule has 5 rings (SSSR count). The third kappa shape index (κ3) is 3.92. The zero-order valence-corrected chi connectivity index (χ0v) is 18.0. The molecule has 2 aliphatic heterocycles. The predicted molar refractivity (Wildman–Crippen MR) is 120 cm³/mol. The minimum absolute atomic E-state index is 0.0640. The van der Waals surface area contributed by atoms with Crippen LogP contribution >= 0.6 is 0 Å². The molecule has 0 atom stereocenters. The van der Waals surface area contributed by atoms with E-state index >= 15 is 0 Å². The molecule has 2 amide bonds. The number of aromatic nitrogens is 3. The first-order chi connectivity index (χ1) is 15.6. The average molecular weight is 434 g/mol. The molecule has 0 bridgehead atoms. The van der Waals surface area contributed by atoms with E-state index in [0.29, 0.717) is 30.3 Å². The molecule has 0 spiro atoms. The number of hydrogen-bond acceptors (Lipinski definition) is 4. The molecule has 3 aromatic heterocycles. The van der Waals surface area contributed by atoms with Crippen LogP contribution in [0.4, 0.5) is 0 Å². The summed E-state index contributed by atoms with van der Waals surface area (Å²) in [6.45, 7) is 2.89. The number of carbonyl (C=O) groups excluding carboxylic acids is 2. The van der Waals surface area contributed by atoms with E-state index in [1.165, 1.54) is 30.3 Å². The van der Waals surface area contributed by atoms with Crippen LogP contribution in [0.3, 0.4) is 0 Å². The van der Waals surface area contributed by atoms with Gasteiger partial charge in [0.05, 0.1) is 17.3 Å². The van der Waals surface area contributed by atoms with E-state index in [4.69, 9.17) is 0 Å². The van der Waals surface area contributed by atoms with Crippen molar-refractivity contribution in [3.05, 3.63) is 69.9 Å². The van der Waals surface area contributed by atoms with Crippen molar-refractivity contribution in [1.82, 2.24) is 24.4 Å². The SMILES string of the molecule is O=C(c1cc(=O)cc[nH]1)N1CCC(c2ccn3ncc(C(=O)N4CCCCC4)c3c2)CC1. The van der Waals surface area contributed by atoms with Gasteiger partial charge in [0.25, 0.3) is 11.8 Å². The van der Waals surface area contributed by atoms with Crippen molar-refractivity contribution in [3.63, 3.8) is 0 Å². The molecule has 32 heavy (non-hydrogen) atoms. The molecule has 2 saturated heterocycles. The lowest BCUT2D eigenvalue weighted by Crippen LogP contribution is -2.38. The number of carbonyl (C=O) groups is 2. The number of rotatable bonds is 3. The Kier molecular flexibility index (Phi) is 5.51. The Labute approximate surface area is 185 Å². The normalized spacial score (nSPS) is 17.6. The lowest BCUT2D eigenvalue weighted by Gasteiger charge is -2.32. The number of likely N-dealkylation sites (tertiary alicyclic amines) is 2. The van der Waals surface area contributed by atoms with Crippen LogP contribution in [0.5, 0.6) is 0 Å². The first kappa shape index (κ1) is 20.5. The second kappa shape index (κ2) is 8.61. The zero-order valence-electron chi connectivity index (χ0n) is 18.0. The summed E-state index contributed by atoms with van der Waals surface area (Å²) < 4.78 is 1.77. The van der Waals surface area contributed by atoms with E-state index in [1.54, 1.807) is 15.6 Å². The van der Waals surface area contributed by atoms with E-state index in [-0.39, 0.29) is 17.2 Å². The van der Waals surface area contributed by atoms with Crippen molar-refractivity contribution >= 4 is 17.3 Å². The predicted octanol–water partition coefficient (Wildman–Crippen LogP) is 2.67. The minimum Gasteiger partial charge on any atom is -0.357 e. The fraction of sp³-hybridized carbons (Fsp3) is 0.417. The lowest BCUT2D eigenvalue weighted by atomic mass is 9.89.